The fourth-order valence-electron chi connectivity index (χ4n) is 2.51. The Morgan fingerprint density at radius 2 is 1.52 bits per heavy atom. The highest BCUT2D eigenvalue weighted by Crippen LogP contribution is 2.36. The van der Waals surface area contributed by atoms with Crippen LogP contribution in [0, 0.1) is 18.6 Å². The highest BCUT2D eigenvalue weighted by atomic mass is 79.9. The maximum atomic E-state index is 13.9. The van der Waals surface area contributed by atoms with E-state index in [1.807, 2.05) is 24.3 Å². The number of aryl methyl sites for hydroxylation is 1. The third kappa shape index (κ3) is 2.58. The summed E-state index contributed by atoms with van der Waals surface area (Å²) in [6, 6.07) is 15.7. The fraction of sp³-hybridized carbons (Fsp3) is 0.111. The van der Waals surface area contributed by atoms with Crippen molar-refractivity contribution in [2.24, 2.45) is 0 Å². The van der Waals surface area contributed by atoms with Crippen molar-refractivity contribution in [1.82, 2.24) is 0 Å². The zero-order chi connectivity index (χ0) is 15.0. The Morgan fingerprint density at radius 1 is 0.857 bits per heavy atom. The van der Waals surface area contributed by atoms with Crippen LogP contribution < -0.4 is 0 Å². The first-order chi connectivity index (χ1) is 10.1. The van der Waals surface area contributed by atoms with E-state index in [2.05, 4.69) is 15.9 Å². The fourth-order valence-corrected chi connectivity index (χ4v) is 3.20. The molecule has 3 aromatic carbocycles. The SMILES string of the molecule is Cc1cc(C(Br)c2ccc(F)c3ccccc23)ccc1F. The summed E-state index contributed by atoms with van der Waals surface area (Å²) < 4.78 is 27.3. The lowest BCUT2D eigenvalue weighted by atomic mass is 9.97. The van der Waals surface area contributed by atoms with Gasteiger partial charge in [0, 0.05) is 5.39 Å². The topological polar surface area (TPSA) is 0 Å². The third-order valence-corrected chi connectivity index (χ3v) is 4.67. The first-order valence-corrected chi connectivity index (χ1v) is 7.57. The molecule has 3 rings (SSSR count). The molecule has 0 fully saturated rings. The van der Waals surface area contributed by atoms with E-state index in [-0.39, 0.29) is 16.5 Å². The molecule has 0 aliphatic carbocycles. The summed E-state index contributed by atoms with van der Waals surface area (Å²) in [5.41, 5.74) is 2.52. The van der Waals surface area contributed by atoms with Crippen molar-refractivity contribution >= 4 is 26.7 Å². The second kappa shape index (κ2) is 5.57. The molecule has 3 heteroatoms. The minimum absolute atomic E-state index is 0.109. The summed E-state index contributed by atoms with van der Waals surface area (Å²) in [6.45, 7) is 1.74. The smallest absolute Gasteiger partial charge is 0.131 e. The van der Waals surface area contributed by atoms with Gasteiger partial charge in [-0.05, 0) is 41.1 Å². The molecule has 0 saturated carbocycles. The number of hydrogen-bond acceptors (Lipinski definition) is 0. The molecule has 0 heterocycles. The molecule has 1 unspecified atom stereocenters. The molecule has 0 N–H and O–H groups in total. The molecule has 0 aliphatic heterocycles. The van der Waals surface area contributed by atoms with Gasteiger partial charge in [0.05, 0.1) is 4.83 Å². The predicted octanol–water partition coefficient (Wildman–Crippen LogP) is 5.91. The zero-order valence-corrected chi connectivity index (χ0v) is 13.0. The van der Waals surface area contributed by atoms with E-state index in [1.165, 1.54) is 12.1 Å². The van der Waals surface area contributed by atoms with Crippen LogP contribution in [0.25, 0.3) is 10.8 Å². The zero-order valence-electron chi connectivity index (χ0n) is 11.4. The van der Waals surface area contributed by atoms with Gasteiger partial charge in [0.2, 0.25) is 0 Å². The highest BCUT2D eigenvalue weighted by molar-refractivity contribution is 9.09. The van der Waals surface area contributed by atoms with Gasteiger partial charge in [0.15, 0.2) is 0 Å². The normalized spacial score (nSPS) is 12.6. The molecule has 0 bridgehead atoms. The standard InChI is InChI=1S/C18H13BrF2/c1-11-10-12(6-8-16(11)20)18(19)15-7-9-17(21)14-5-3-2-4-13(14)15/h2-10,18H,1H3. The Balaban J connectivity index is 2.15. The van der Waals surface area contributed by atoms with Gasteiger partial charge in [-0.3, -0.25) is 0 Å². The summed E-state index contributed by atoms with van der Waals surface area (Å²) in [7, 11) is 0. The summed E-state index contributed by atoms with van der Waals surface area (Å²) in [5, 5.41) is 1.46. The maximum absolute atomic E-state index is 13.9. The highest BCUT2D eigenvalue weighted by Gasteiger charge is 2.15. The first-order valence-electron chi connectivity index (χ1n) is 6.65. The van der Waals surface area contributed by atoms with Crippen LogP contribution in [0.4, 0.5) is 8.78 Å². The van der Waals surface area contributed by atoms with Gasteiger partial charge in [-0.2, -0.15) is 0 Å². The van der Waals surface area contributed by atoms with Gasteiger partial charge in [-0.15, -0.1) is 0 Å². The van der Waals surface area contributed by atoms with E-state index in [4.69, 9.17) is 0 Å². The van der Waals surface area contributed by atoms with E-state index in [0.29, 0.717) is 10.9 Å². The molecule has 106 valence electrons. The lowest BCUT2D eigenvalue weighted by molar-refractivity contribution is 0.618. The van der Waals surface area contributed by atoms with Gasteiger partial charge in [-0.1, -0.05) is 58.4 Å². The number of rotatable bonds is 2. The molecule has 21 heavy (non-hydrogen) atoms. The molecule has 0 radical (unpaired) electrons. The number of alkyl halides is 1. The second-order valence-electron chi connectivity index (χ2n) is 5.05. The number of hydrogen-bond donors (Lipinski definition) is 0. The number of fused-ring (bicyclic) bond motifs is 1. The first kappa shape index (κ1) is 14.2. The minimum Gasteiger partial charge on any atom is -0.207 e. The molecule has 0 nitrogen and oxygen atoms in total. The maximum Gasteiger partial charge on any atom is 0.131 e. The van der Waals surface area contributed by atoms with Crippen LogP contribution in [-0.2, 0) is 0 Å². The van der Waals surface area contributed by atoms with Crippen molar-refractivity contribution in [1.29, 1.82) is 0 Å². The molecular weight excluding hydrogens is 334 g/mol. The van der Waals surface area contributed by atoms with Crippen LogP contribution in [0.2, 0.25) is 0 Å². The average Bonchev–Trinajstić information content (AvgIpc) is 2.50. The van der Waals surface area contributed by atoms with Crippen LogP contribution in [0.5, 0.6) is 0 Å². The average molecular weight is 347 g/mol. The summed E-state index contributed by atoms with van der Waals surface area (Å²) >= 11 is 3.65. The van der Waals surface area contributed by atoms with Gasteiger partial charge in [0.25, 0.3) is 0 Å². The van der Waals surface area contributed by atoms with Gasteiger partial charge in [-0.25, -0.2) is 8.78 Å². The van der Waals surface area contributed by atoms with Crippen molar-refractivity contribution in [2.75, 3.05) is 0 Å². The third-order valence-electron chi connectivity index (χ3n) is 3.65. The molecule has 0 aliphatic rings. The molecule has 1 atom stereocenters. The van der Waals surface area contributed by atoms with Crippen molar-refractivity contribution in [2.45, 2.75) is 11.8 Å². The Hall–Kier alpha value is -1.74. The Labute approximate surface area is 130 Å². The van der Waals surface area contributed by atoms with Gasteiger partial charge < -0.3 is 0 Å². The van der Waals surface area contributed by atoms with Crippen LogP contribution >= 0.6 is 15.9 Å². The second-order valence-corrected chi connectivity index (χ2v) is 5.97. The number of halogens is 3. The summed E-state index contributed by atoms with van der Waals surface area (Å²) in [5.74, 6) is -0.452. The minimum atomic E-state index is -0.232. The van der Waals surface area contributed by atoms with Crippen LogP contribution in [-0.4, -0.2) is 0 Å². The summed E-state index contributed by atoms with van der Waals surface area (Å²) in [4.78, 5) is -0.109. The summed E-state index contributed by atoms with van der Waals surface area (Å²) in [6.07, 6.45) is 0. The van der Waals surface area contributed by atoms with E-state index < -0.39 is 0 Å². The largest absolute Gasteiger partial charge is 0.207 e. The quantitative estimate of drug-likeness (QED) is 0.506. The van der Waals surface area contributed by atoms with Crippen molar-refractivity contribution in [3.05, 3.63) is 82.9 Å². The van der Waals surface area contributed by atoms with E-state index in [0.717, 1.165) is 16.5 Å². The lowest BCUT2D eigenvalue weighted by Crippen LogP contribution is -1.97. The lowest BCUT2D eigenvalue weighted by Gasteiger charge is -2.15. The number of benzene rings is 3. The Kier molecular flexibility index (Phi) is 3.77. The van der Waals surface area contributed by atoms with E-state index in [1.54, 1.807) is 25.1 Å². The van der Waals surface area contributed by atoms with E-state index in [9.17, 15) is 8.78 Å². The molecule has 3 aromatic rings. The van der Waals surface area contributed by atoms with E-state index >= 15 is 0 Å². The van der Waals surface area contributed by atoms with Crippen LogP contribution in [0.3, 0.4) is 0 Å². The van der Waals surface area contributed by atoms with Crippen molar-refractivity contribution < 1.29 is 8.78 Å². The predicted molar refractivity (Wildman–Crippen MR) is 85.8 cm³/mol. The van der Waals surface area contributed by atoms with Gasteiger partial charge >= 0.3 is 0 Å². The van der Waals surface area contributed by atoms with Crippen LogP contribution in [0.15, 0.2) is 54.6 Å². The Morgan fingerprint density at radius 3 is 2.24 bits per heavy atom. The van der Waals surface area contributed by atoms with Gasteiger partial charge in [0.1, 0.15) is 11.6 Å². The molecule has 0 spiro atoms. The molecular formula is C18H13BrF2. The molecule has 0 amide bonds. The Bertz CT molecular complexity index is 811. The van der Waals surface area contributed by atoms with Crippen molar-refractivity contribution in [3.8, 4) is 0 Å². The molecule has 0 saturated heterocycles. The monoisotopic (exact) mass is 346 g/mol. The molecule has 0 aromatic heterocycles. The van der Waals surface area contributed by atoms with Crippen molar-refractivity contribution in [3.63, 3.8) is 0 Å². The van der Waals surface area contributed by atoms with Crippen LogP contribution in [0.1, 0.15) is 21.5 Å².